The van der Waals surface area contributed by atoms with E-state index in [2.05, 4.69) is 10.4 Å². The summed E-state index contributed by atoms with van der Waals surface area (Å²) in [5.41, 5.74) is 3.32. The number of carbonyl (C=O) groups is 1. The highest BCUT2D eigenvalue weighted by atomic mass is 16.5. The molecule has 1 heterocycles. The SMILES string of the molecule is CCC(OCCCc1ccncc1)C(=O)NN. The van der Waals surface area contributed by atoms with Crippen molar-refractivity contribution in [3.63, 3.8) is 0 Å². The first-order valence-electron chi connectivity index (χ1n) is 5.79. The summed E-state index contributed by atoms with van der Waals surface area (Å²) >= 11 is 0. The van der Waals surface area contributed by atoms with Crippen LogP contribution in [0.15, 0.2) is 24.5 Å². The fraction of sp³-hybridized carbons (Fsp3) is 0.500. The van der Waals surface area contributed by atoms with Gasteiger partial charge >= 0.3 is 0 Å². The zero-order chi connectivity index (χ0) is 12.5. The zero-order valence-corrected chi connectivity index (χ0v) is 10.1. The van der Waals surface area contributed by atoms with Crippen LogP contribution < -0.4 is 11.3 Å². The van der Waals surface area contributed by atoms with Crippen molar-refractivity contribution in [2.24, 2.45) is 5.84 Å². The van der Waals surface area contributed by atoms with E-state index in [0.717, 1.165) is 12.8 Å². The van der Waals surface area contributed by atoms with Crippen LogP contribution in [0.25, 0.3) is 0 Å². The Balaban J connectivity index is 2.21. The second-order valence-corrected chi connectivity index (χ2v) is 3.74. The smallest absolute Gasteiger partial charge is 0.262 e. The topological polar surface area (TPSA) is 77.2 Å². The van der Waals surface area contributed by atoms with Crippen molar-refractivity contribution in [3.8, 4) is 0 Å². The molecular formula is C12H19N3O2. The maximum atomic E-state index is 11.2. The van der Waals surface area contributed by atoms with E-state index in [9.17, 15) is 4.79 Å². The third-order valence-electron chi connectivity index (χ3n) is 2.48. The number of amides is 1. The summed E-state index contributed by atoms with van der Waals surface area (Å²) in [6.45, 7) is 2.44. The standard InChI is InChI=1S/C12H19N3O2/c1-2-11(12(16)15-13)17-9-3-4-10-5-7-14-8-6-10/h5-8,11H,2-4,9,13H2,1H3,(H,15,16). The van der Waals surface area contributed by atoms with Gasteiger partial charge in [0.2, 0.25) is 0 Å². The number of nitrogens with one attached hydrogen (secondary N) is 1. The van der Waals surface area contributed by atoms with Gasteiger partial charge in [0.05, 0.1) is 0 Å². The number of nitrogens with two attached hydrogens (primary N) is 1. The molecule has 5 nitrogen and oxygen atoms in total. The van der Waals surface area contributed by atoms with E-state index >= 15 is 0 Å². The molecule has 1 aromatic rings. The first kappa shape index (κ1) is 13.6. The second kappa shape index (κ2) is 7.76. The maximum Gasteiger partial charge on any atom is 0.262 e. The van der Waals surface area contributed by atoms with Crippen molar-refractivity contribution in [3.05, 3.63) is 30.1 Å². The Bertz CT molecular complexity index is 330. The summed E-state index contributed by atoms with van der Waals surface area (Å²) in [6.07, 6.45) is 5.51. The molecule has 0 aromatic carbocycles. The summed E-state index contributed by atoms with van der Waals surface area (Å²) in [6, 6.07) is 3.95. The molecule has 0 aliphatic carbocycles. The van der Waals surface area contributed by atoms with Crippen molar-refractivity contribution in [2.75, 3.05) is 6.61 Å². The number of pyridine rings is 1. The molecule has 1 rings (SSSR count). The minimum Gasteiger partial charge on any atom is -0.368 e. The van der Waals surface area contributed by atoms with E-state index in [1.165, 1.54) is 5.56 Å². The average molecular weight is 237 g/mol. The lowest BCUT2D eigenvalue weighted by Gasteiger charge is -2.13. The first-order chi connectivity index (χ1) is 8.27. The van der Waals surface area contributed by atoms with E-state index in [4.69, 9.17) is 10.6 Å². The summed E-state index contributed by atoms with van der Waals surface area (Å²) in [4.78, 5) is 15.2. The molecule has 1 atom stereocenters. The number of ether oxygens (including phenoxy) is 1. The number of hydrogen-bond donors (Lipinski definition) is 2. The van der Waals surface area contributed by atoms with E-state index < -0.39 is 6.10 Å². The van der Waals surface area contributed by atoms with Gasteiger partial charge in [-0.25, -0.2) is 5.84 Å². The normalized spacial score (nSPS) is 12.1. The molecule has 0 aliphatic heterocycles. The first-order valence-corrected chi connectivity index (χ1v) is 5.79. The molecule has 1 amide bonds. The van der Waals surface area contributed by atoms with Gasteiger partial charge in [0, 0.05) is 19.0 Å². The molecule has 0 saturated heterocycles. The van der Waals surface area contributed by atoms with Crippen LogP contribution >= 0.6 is 0 Å². The average Bonchev–Trinajstić information content (AvgIpc) is 2.39. The lowest BCUT2D eigenvalue weighted by atomic mass is 10.1. The molecule has 17 heavy (non-hydrogen) atoms. The number of rotatable bonds is 7. The van der Waals surface area contributed by atoms with Crippen LogP contribution in [0.3, 0.4) is 0 Å². The highest BCUT2D eigenvalue weighted by Gasteiger charge is 2.14. The van der Waals surface area contributed by atoms with Crippen LogP contribution in [0.1, 0.15) is 25.3 Å². The molecule has 0 saturated carbocycles. The fourth-order valence-electron chi connectivity index (χ4n) is 1.52. The molecule has 1 unspecified atom stereocenters. The summed E-state index contributed by atoms with van der Waals surface area (Å²) in [7, 11) is 0. The van der Waals surface area contributed by atoms with Gasteiger partial charge in [0.15, 0.2) is 0 Å². The summed E-state index contributed by atoms with van der Waals surface area (Å²) in [5.74, 6) is 4.79. The number of aromatic nitrogens is 1. The number of carbonyl (C=O) groups excluding carboxylic acids is 1. The summed E-state index contributed by atoms with van der Waals surface area (Å²) in [5, 5.41) is 0. The Hall–Kier alpha value is -1.46. The Morgan fingerprint density at radius 1 is 1.53 bits per heavy atom. The molecule has 94 valence electrons. The third-order valence-corrected chi connectivity index (χ3v) is 2.48. The van der Waals surface area contributed by atoms with Crippen LogP contribution in [0.5, 0.6) is 0 Å². The molecule has 0 spiro atoms. The van der Waals surface area contributed by atoms with Gasteiger partial charge in [-0.15, -0.1) is 0 Å². The van der Waals surface area contributed by atoms with Crippen molar-refractivity contribution < 1.29 is 9.53 Å². The van der Waals surface area contributed by atoms with Crippen LogP contribution in [0, 0.1) is 0 Å². The number of hydrazine groups is 1. The monoisotopic (exact) mass is 237 g/mol. The predicted octanol–water partition coefficient (Wildman–Crippen LogP) is 0.799. The van der Waals surface area contributed by atoms with Gasteiger partial charge in [0.1, 0.15) is 6.10 Å². The molecule has 0 bridgehead atoms. The lowest BCUT2D eigenvalue weighted by molar-refractivity contribution is -0.133. The van der Waals surface area contributed by atoms with Gasteiger partial charge in [-0.3, -0.25) is 15.2 Å². The molecule has 0 radical (unpaired) electrons. The van der Waals surface area contributed by atoms with Gasteiger partial charge in [-0.2, -0.15) is 0 Å². The zero-order valence-electron chi connectivity index (χ0n) is 10.1. The number of aryl methyl sites for hydroxylation is 1. The Kier molecular flexibility index (Phi) is 6.21. The largest absolute Gasteiger partial charge is 0.368 e. The van der Waals surface area contributed by atoms with Gasteiger partial charge in [-0.1, -0.05) is 6.92 Å². The molecule has 0 aliphatic rings. The minimum absolute atomic E-state index is 0.267. The van der Waals surface area contributed by atoms with E-state index in [-0.39, 0.29) is 5.91 Å². The Morgan fingerprint density at radius 3 is 2.82 bits per heavy atom. The van der Waals surface area contributed by atoms with Crippen molar-refractivity contribution in [1.29, 1.82) is 0 Å². The molecule has 5 heteroatoms. The van der Waals surface area contributed by atoms with Crippen LogP contribution in [0.4, 0.5) is 0 Å². The summed E-state index contributed by atoms with van der Waals surface area (Å²) < 4.78 is 5.46. The fourth-order valence-corrected chi connectivity index (χ4v) is 1.52. The molecular weight excluding hydrogens is 218 g/mol. The van der Waals surface area contributed by atoms with Gasteiger partial charge < -0.3 is 4.74 Å². The van der Waals surface area contributed by atoms with Crippen molar-refractivity contribution in [1.82, 2.24) is 10.4 Å². The van der Waals surface area contributed by atoms with Crippen LogP contribution in [-0.4, -0.2) is 23.6 Å². The molecule has 3 N–H and O–H groups in total. The Morgan fingerprint density at radius 2 is 2.24 bits per heavy atom. The quantitative estimate of drug-likeness (QED) is 0.318. The number of nitrogens with zero attached hydrogens (tertiary/aromatic N) is 1. The van der Waals surface area contributed by atoms with Gasteiger partial charge in [0.25, 0.3) is 5.91 Å². The number of hydrogen-bond acceptors (Lipinski definition) is 4. The third kappa shape index (κ3) is 4.93. The van der Waals surface area contributed by atoms with Crippen LogP contribution in [-0.2, 0) is 16.0 Å². The van der Waals surface area contributed by atoms with Gasteiger partial charge in [-0.05, 0) is 37.0 Å². The van der Waals surface area contributed by atoms with E-state index in [0.29, 0.717) is 13.0 Å². The highest BCUT2D eigenvalue weighted by Crippen LogP contribution is 2.03. The maximum absolute atomic E-state index is 11.2. The van der Waals surface area contributed by atoms with E-state index in [1.54, 1.807) is 12.4 Å². The van der Waals surface area contributed by atoms with Crippen LogP contribution in [0.2, 0.25) is 0 Å². The molecule has 1 aromatic heterocycles. The van der Waals surface area contributed by atoms with Crippen molar-refractivity contribution in [2.45, 2.75) is 32.3 Å². The predicted molar refractivity (Wildman–Crippen MR) is 64.9 cm³/mol. The highest BCUT2D eigenvalue weighted by molar-refractivity contribution is 5.79. The Labute approximate surface area is 101 Å². The minimum atomic E-state index is -0.447. The van der Waals surface area contributed by atoms with E-state index in [1.807, 2.05) is 19.1 Å². The lowest BCUT2D eigenvalue weighted by Crippen LogP contribution is -2.40. The molecule has 0 fully saturated rings. The second-order valence-electron chi connectivity index (χ2n) is 3.74. The van der Waals surface area contributed by atoms with Crippen molar-refractivity contribution >= 4 is 5.91 Å².